The van der Waals surface area contributed by atoms with Crippen molar-refractivity contribution in [2.45, 2.75) is 32.4 Å². The zero-order chi connectivity index (χ0) is 13.7. The highest BCUT2D eigenvalue weighted by Crippen LogP contribution is 2.20. The van der Waals surface area contributed by atoms with Crippen molar-refractivity contribution in [1.29, 1.82) is 0 Å². The largest absolute Gasteiger partial charge is 0.484 e. The van der Waals surface area contributed by atoms with Crippen LogP contribution in [0.25, 0.3) is 0 Å². The number of hydrogen-bond donors (Lipinski definition) is 1. The second-order valence-corrected chi connectivity index (χ2v) is 5.12. The number of aromatic nitrogens is 1. The molecule has 1 aromatic carbocycles. The molecule has 1 aromatic heterocycles. The fourth-order valence-corrected chi connectivity index (χ4v) is 2.24. The fraction of sp³-hybridized carbons (Fsp3) is 0.357. The van der Waals surface area contributed by atoms with Gasteiger partial charge in [0, 0.05) is 11.4 Å². The third kappa shape index (κ3) is 4.01. The zero-order valence-corrected chi connectivity index (χ0v) is 11.6. The second-order valence-electron chi connectivity index (χ2n) is 4.41. The molecule has 3 nitrogen and oxygen atoms in total. The molecular weight excluding hydrogens is 263 g/mol. The molecule has 0 amide bonds. The summed E-state index contributed by atoms with van der Waals surface area (Å²) in [6, 6.07) is 5.07. The van der Waals surface area contributed by atoms with E-state index in [1.54, 1.807) is 11.6 Å². The summed E-state index contributed by atoms with van der Waals surface area (Å²) in [6.45, 7) is 2.31. The third-order valence-corrected chi connectivity index (χ3v) is 3.51. The zero-order valence-electron chi connectivity index (χ0n) is 10.8. The Morgan fingerprint density at radius 2 is 2.32 bits per heavy atom. The Morgan fingerprint density at radius 3 is 2.95 bits per heavy atom. The van der Waals surface area contributed by atoms with Crippen molar-refractivity contribution < 1.29 is 9.13 Å². The van der Waals surface area contributed by atoms with E-state index in [-0.39, 0.29) is 24.2 Å². The molecule has 0 radical (unpaired) electrons. The minimum atomic E-state index is -0.351. The average molecular weight is 280 g/mol. The second kappa shape index (κ2) is 6.63. The Kier molecular flexibility index (Phi) is 4.87. The number of thiazole rings is 1. The van der Waals surface area contributed by atoms with Gasteiger partial charge in [-0.15, -0.1) is 11.3 Å². The number of benzene rings is 1. The Balaban J connectivity index is 1.98. The van der Waals surface area contributed by atoms with Crippen LogP contribution in [0.5, 0.6) is 5.75 Å². The van der Waals surface area contributed by atoms with Crippen molar-refractivity contribution >= 4 is 11.3 Å². The van der Waals surface area contributed by atoms with E-state index >= 15 is 0 Å². The summed E-state index contributed by atoms with van der Waals surface area (Å²) in [4.78, 5) is 4.08. The number of rotatable bonds is 6. The first-order chi connectivity index (χ1) is 9.19. The molecule has 102 valence electrons. The highest BCUT2D eigenvalue weighted by atomic mass is 32.1. The molecule has 2 aromatic rings. The molecule has 0 fully saturated rings. The van der Waals surface area contributed by atoms with Gasteiger partial charge in [-0.05, 0) is 30.5 Å². The van der Waals surface area contributed by atoms with E-state index in [9.17, 15) is 4.39 Å². The molecule has 19 heavy (non-hydrogen) atoms. The summed E-state index contributed by atoms with van der Waals surface area (Å²) >= 11 is 1.49. The van der Waals surface area contributed by atoms with E-state index in [4.69, 9.17) is 10.5 Å². The van der Waals surface area contributed by atoms with Gasteiger partial charge < -0.3 is 10.5 Å². The van der Waals surface area contributed by atoms with Crippen molar-refractivity contribution in [3.8, 4) is 5.75 Å². The van der Waals surface area contributed by atoms with Crippen LogP contribution in [-0.4, -0.2) is 11.0 Å². The molecule has 0 aliphatic heterocycles. The Hall–Kier alpha value is -1.46. The molecule has 1 atom stereocenters. The lowest BCUT2D eigenvalue weighted by Gasteiger charge is -2.10. The van der Waals surface area contributed by atoms with Crippen LogP contribution in [0.2, 0.25) is 0 Å². The molecule has 1 unspecified atom stereocenters. The molecule has 1 heterocycles. The van der Waals surface area contributed by atoms with Crippen LogP contribution < -0.4 is 10.5 Å². The SMILES string of the molecule is CCC(N)Cc1ccc(OCc2cscn2)c(F)c1. The van der Waals surface area contributed by atoms with Crippen LogP contribution in [0.3, 0.4) is 0 Å². The molecule has 2 N–H and O–H groups in total. The van der Waals surface area contributed by atoms with Crippen molar-refractivity contribution in [2.24, 2.45) is 5.73 Å². The minimum absolute atomic E-state index is 0.0705. The molecule has 0 saturated carbocycles. The molecule has 0 aliphatic rings. The number of ether oxygens (including phenoxy) is 1. The highest BCUT2D eigenvalue weighted by molar-refractivity contribution is 7.07. The standard InChI is InChI=1S/C14H17FN2OS/c1-2-11(16)5-10-3-4-14(13(15)6-10)18-7-12-8-19-9-17-12/h3-4,6,8-9,11H,2,5,7,16H2,1H3. The van der Waals surface area contributed by atoms with Crippen LogP contribution >= 0.6 is 11.3 Å². The third-order valence-electron chi connectivity index (χ3n) is 2.88. The highest BCUT2D eigenvalue weighted by Gasteiger charge is 2.08. The predicted octanol–water partition coefficient (Wildman–Crippen LogP) is 3.14. The number of nitrogens with zero attached hydrogens (tertiary/aromatic N) is 1. The Morgan fingerprint density at radius 1 is 1.47 bits per heavy atom. The van der Waals surface area contributed by atoms with E-state index in [0.29, 0.717) is 6.42 Å². The molecule has 2 rings (SSSR count). The Labute approximate surface area is 116 Å². The van der Waals surface area contributed by atoms with Crippen LogP contribution in [0, 0.1) is 5.82 Å². The minimum Gasteiger partial charge on any atom is -0.484 e. The van der Waals surface area contributed by atoms with Crippen molar-refractivity contribution in [3.63, 3.8) is 0 Å². The van der Waals surface area contributed by atoms with Gasteiger partial charge in [0.1, 0.15) is 6.61 Å². The first kappa shape index (κ1) is 14.0. The smallest absolute Gasteiger partial charge is 0.165 e. The van der Waals surface area contributed by atoms with Crippen molar-refractivity contribution in [3.05, 3.63) is 46.2 Å². The maximum atomic E-state index is 13.8. The molecule has 0 spiro atoms. The van der Waals surface area contributed by atoms with Crippen molar-refractivity contribution in [1.82, 2.24) is 4.98 Å². The van der Waals surface area contributed by atoms with E-state index in [2.05, 4.69) is 4.98 Å². The van der Waals surface area contributed by atoms with Gasteiger partial charge in [-0.25, -0.2) is 9.37 Å². The normalized spacial score (nSPS) is 12.4. The quantitative estimate of drug-likeness (QED) is 0.884. The maximum absolute atomic E-state index is 13.8. The van der Waals surface area contributed by atoms with Crippen LogP contribution in [0.15, 0.2) is 29.1 Å². The Bertz CT molecular complexity index is 516. The summed E-state index contributed by atoms with van der Waals surface area (Å²) in [5.74, 6) is -0.0992. The van der Waals surface area contributed by atoms with Gasteiger partial charge >= 0.3 is 0 Å². The lowest BCUT2D eigenvalue weighted by molar-refractivity contribution is 0.286. The van der Waals surface area contributed by atoms with Gasteiger partial charge in [0.15, 0.2) is 11.6 Å². The molecule has 0 aliphatic carbocycles. The van der Waals surface area contributed by atoms with Gasteiger partial charge in [-0.3, -0.25) is 0 Å². The number of hydrogen-bond acceptors (Lipinski definition) is 4. The lowest BCUT2D eigenvalue weighted by Crippen LogP contribution is -2.21. The summed E-state index contributed by atoms with van der Waals surface area (Å²) in [7, 11) is 0. The van der Waals surface area contributed by atoms with Gasteiger partial charge in [0.2, 0.25) is 0 Å². The van der Waals surface area contributed by atoms with E-state index in [1.807, 2.05) is 18.4 Å². The van der Waals surface area contributed by atoms with E-state index in [1.165, 1.54) is 17.4 Å². The molecule has 0 bridgehead atoms. The maximum Gasteiger partial charge on any atom is 0.165 e. The summed E-state index contributed by atoms with van der Waals surface area (Å²) < 4.78 is 19.3. The van der Waals surface area contributed by atoms with Gasteiger partial charge in [-0.1, -0.05) is 13.0 Å². The number of nitrogens with two attached hydrogens (primary N) is 1. The topological polar surface area (TPSA) is 48.1 Å². The van der Waals surface area contributed by atoms with Crippen LogP contribution in [0.4, 0.5) is 4.39 Å². The van der Waals surface area contributed by atoms with Gasteiger partial charge in [0.05, 0.1) is 11.2 Å². The predicted molar refractivity (Wildman–Crippen MR) is 74.8 cm³/mol. The summed E-state index contributed by atoms with van der Waals surface area (Å²) in [5, 5.41) is 1.88. The summed E-state index contributed by atoms with van der Waals surface area (Å²) in [5.41, 5.74) is 9.28. The fourth-order valence-electron chi connectivity index (χ4n) is 1.70. The molecule has 5 heteroatoms. The van der Waals surface area contributed by atoms with E-state index < -0.39 is 0 Å². The van der Waals surface area contributed by atoms with Crippen LogP contribution in [-0.2, 0) is 13.0 Å². The number of halogens is 1. The van der Waals surface area contributed by atoms with Gasteiger partial charge in [0.25, 0.3) is 0 Å². The van der Waals surface area contributed by atoms with Crippen LogP contribution in [0.1, 0.15) is 24.6 Å². The van der Waals surface area contributed by atoms with Crippen molar-refractivity contribution in [2.75, 3.05) is 0 Å². The first-order valence-corrected chi connectivity index (χ1v) is 7.17. The summed E-state index contributed by atoms with van der Waals surface area (Å²) in [6.07, 6.45) is 1.56. The van der Waals surface area contributed by atoms with Gasteiger partial charge in [-0.2, -0.15) is 0 Å². The molecular formula is C14H17FN2OS. The first-order valence-electron chi connectivity index (χ1n) is 6.23. The van der Waals surface area contributed by atoms with E-state index in [0.717, 1.165) is 17.7 Å². The molecule has 0 saturated heterocycles. The average Bonchev–Trinajstić information content (AvgIpc) is 2.91. The monoisotopic (exact) mass is 280 g/mol. The lowest BCUT2D eigenvalue weighted by atomic mass is 10.0.